The van der Waals surface area contributed by atoms with Gasteiger partial charge in [-0.05, 0) is 46.7 Å². The second-order valence-electron chi connectivity index (χ2n) is 5.43. The Hall–Kier alpha value is -0.450. The van der Waals surface area contributed by atoms with Crippen LogP contribution >= 0.6 is 54.5 Å². The van der Waals surface area contributed by atoms with E-state index >= 15 is 0 Å². The first-order chi connectivity index (χ1) is 11.4. The minimum absolute atomic E-state index is 0. The summed E-state index contributed by atoms with van der Waals surface area (Å²) < 4.78 is 1.21. The van der Waals surface area contributed by atoms with E-state index in [1.165, 1.54) is 32.3 Å². The summed E-state index contributed by atoms with van der Waals surface area (Å²) in [6.07, 6.45) is 2.40. The van der Waals surface area contributed by atoms with Gasteiger partial charge in [-0.1, -0.05) is 108 Å². The minimum atomic E-state index is -0.486. The van der Waals surface area contributed by atoms with Gasteiger partial charge in [-0.15, -0.1) is 24.0 Å². The van der Waals surface area contributed by atoms with Crippen molar-refractivity contribution in [1.82, 2.24) is 0 Å². The molecule has 3 aromatic rings. The Bertz CT molecular complexity index is 690. The topological polar surface area (TPSA) is 0 Å². The number of rotatable bonds is 6. The van der Waals surface area contributed by atoms with E-state index in [0.29, 0.717) is 0 Å². The van der Waals surface area contributed by atoms with Crippen molar-refractivity contribution < 1.29 is 0 Å². The zero-order valence-corrected chi connectivity index (χ0v) is 18.8. The largest absolute Gasteiger partial charge is 0.107 e. The molecule has 3 rings (SSSR count). The molecule has 0 unspecified atom stereocenters. The van der Waals surface area contributed by atoms with Crippen LogP contribution in [-0.4, -0.2) is 4.43 Å². The second kappa shape index (κ2) is 10.5. The van der Waals surface area contributed by atoms with Crippen molar-refractivity contribution in [2.75, 3.05) is 4.43 Å². The first-order valence-electron chi connectivity index (χ1n) is 7.94. The van der Waals surface area contributed by atoms with E-state index in [0.717, 1.165) is 6.42 Å². The number of hydrogen-bond acceptors (Lipinski definition) is 0. The normalized spacial score (nSPS) is 10.4. The van der Waals surface area contributed by atoms with Gasteiger partial charge < -0.3 is 0 Å². The fourth-order valence-electron chi connectivity index (χ4n) is 2.78. The van der Waals surface area contributed by atoms with Crippen LogP contribution in [0.4, 0.5) is 0 Å². The molecule has 3 heteroatoms. The molecule has 0 aliphatic carbocycles. The van der Waals surface area contributed by atoms with Gasteiger partial charge in [0.25, 0.3) is 0 Å². The highest BCUT2D eigenvalue weighted by atomic mass is 127. The summed E-state index contributed by atoms with van der Waals surface area (Å²) in [5, 5.41) is 4.36. The predicted octanol–water partition coefficient (Wildman–Crippen LogP) is 5.43. The zero-order valence-electron chi connectivity index (χ0n) is 13.4. The molecule has 0 radical (unpaired) electrons. The van der Waals surface area contributed by atoms with Crippen LogP contribution in [-0.2, 0) is 6.42 Å². The SMILES string of the molecule is I.ICCCc1ccccc1P(c1ccccc1)c1ccccc1. The first-order valence-corrected chi connectivity index (χ1v) is 10.8. The van der Waals surface area contributed by atoms with Gasteiger partial charge in [0, 0.05) is 0 Å². The van der Waals surface area contributed by atoms with Crippen LogP contribution < -0.4 is 15.9 Å². The Kier molecular flexibility index (Phi) is 8.71. The van der Waals surface area contributed by atoms with Gasteiger partial charge in [0.1, 0.15) is 0 Å². The Morgan fingerprint density at radius 2 is 1.17 bits per heavy atom. The highest BCUT2D eigenvalue weighted by Gasteiger charge is 2.18. The zero-order chi connectivity index (χ0) is 15.9. The molecule has 0 saturated heterocycles. The van der Waals surface area contributed by atoms with E-state index in [1.807, 2.05) is 0 Å². The molecule has 0 aliphatic heterocycles. The standard InChI is InChI=1S/C21H20IP.HI/c22-17-9-11-18-10-7-8-16-21(18)23(19-12-3-1-4-13-19)20-14-5-2-6-15-20;/h1-8,10,12-16H,9,11,17H2;1H. The molecule has 3 aromatic carbocycles. The summed E-state index contributed by atoms with van der Waals surface area (Å²) in [6.45, 7) is 0. The molecule has 0 N–H and O–H groups in total. The van der Waals surface area contributed by atoms with Crippen molar-refractivity contribution in [3.8, 4) is 0 Å². The van der Waals surface area contributed by atoms with Crippen LogP contribution in [0.1, 0.15) is 12.0 Å². The van der Waals surface area contributed by atoms with E-state index in [1.54, 1.807) is 0 Å². The maximum Gasteiger partial charge on any atom is -0.000156 e. The minimum Gasteiger partial charge on any atom is -0.107 e. The summed E-state index contributed by atoms with van der Waals surface area (Å²) in [4.78, 5) is 0. The van der Waals surface area contributed by atoms with Crippen LogP contribution in [0.5, 0.6) is 0 Å². The monoisotopic (exact) mass is 558 g/mol. The third-order valence-corrected chi connectivity index (χ3v) is 7.15. The Balaban J connectivity index is 0.00000208. The summed E-state index contributed by atoms with van der Waals surface area (Å²) in [6, 6.07) is 30.9. The molecule has 0 aliphatic rings. The quantitative estimate of drug-likeness (QED) is 0.215. The molecule has 0 saturated carbocycles. The molecule has 0 fully saturated rings. The first kappa shape index (κ1) is 19.9. The van der Waals surface area contributed by atoms with Gasteiger partial charge in [0.05, 0.1) is 0 Å². The van der Waals surface area contributed by atoms with Gasteiger partial charge in [-0.2, -0.15) is 0 Å². The smallest absolute Gasteiger partial charge is 0.000156 e. The molecular weight excluding hydrogens is 537 g/mol. The molecule has 0 atom stereocenters. The number of aryl methyl sites for hydroxylation is 1. The lowest BCUT2D eigenvalue weighted by Crippen LogP contribution is -2.23. The van der Waals surface area contributed by atoms with Crippen molar-refractivity contribution in [1.29, 1.82) is 0 Å². The summed E-state index contributed by atoms with van der Waals surface area (Å²) in [5.41, 5.74) is 1.50. The van der Waals surface area contributed by atoms with Crippen molar-refractivity contribution in [3.05, 3.63) is 90.5 Å². The molecule has 0 spiro atoms. The van der Waals surface area contributed by atoms with Crippen LogP contribution in [0.25, 0.3) is 0 Å². The average Bonchev–Trinajstić information content (AvgIpc) is 2.63. The van der Waals surface area contributed by atoms with E-state index < -0.39 is 7.92 Å². The fraction of sp³-hybridized carbons (Fsp3) is 0.143. The molecule has 0 heterocycles. The third kappa shape index (κ3) is 5.03. The van der Waals surface area contributed by atoms with E-state index in [4.69, 9.17) is 0 Å². The van der Waals surface area contributed by atoms with Gasteiger partial charge in [0.15, 0.2) is 0 Å². The number of benzene rings is 3. The molecule has 0 amide bonds. The Labute approximate surface area is 177 Å². The molecule has 24 heavy (non-hydrogen) atoms. The number of halogens is 2. The van der Waals surface area contributed by atoms with Crippen molar-refractivity contribution >= 4 is 70.4 Å². The molecule has 0 nitrogen and oxygen atoms in total. The Morgan fingerprint density at radius 3 is 1.71 bits per heavy atom. The van der Waals surface area contributed by atoms with E-state index in [2.05, 4.69) is 108 Å². The van der Waals surface area contributed by atoms with Gasteiger partial charge in [-0.25, -0.2) is 0 Å². The molecule has 124 valence electrons. The van der Waals surface area contributed by atoms with Crippen LogP contribution in [0, 0.1) is 0 Å². The summed E-state index contributed by atoms with van der Waals surface area (Å²) in [7, 11) is -0.486. The predicted molar refractivity (Wildman–Crippen MR) is 128 cm³/mol. The van der Waals surface area contributed by atoms with Gasteiger partial charge in [-0.3, -0.25) is 0 Å². The van der Waals surface area contributed by atoms with Crippen molar-refractivity contribution in [2.24, 2.45) is 0 Å². The highest BCUT2D eigenvalue weighted by molar-refractivity contribution is 14.1. The van der Waals surface area contributed by atoms with Crippen molar-refractivity contribution in [2.45, 2.75) is 12.8 Å². The maximum atomic E-state index is 2.47. The molecule has 0 aromatic heterocycles. The van der Waals surface area contributed by atoms with Gasteiger partial charge in [0.2, 0.25) is 0 Å². The average molecular weight is 558 g/mol. The van der Waals surface area contributed by atoms with Gasteiger partial charge >= 0.3 is 0 Å². The third-order valence-electron chi connectivity index (χ3n) is 3.84. The lowest BCUT2D eigenvalue weighted by Gasteiger charge is -2.22. The van der Waals surface area contributed by atoms with Crippen LogP contribution in [0.3, 0.4) is 0 Å². The number of alkyl halides is 1. The van der Waals surface area contributed by atoms with E-state index in [9.17, 15) is 0 Å². The van der Waals surface area contributed by atoms with E-state index in [-0.39, 0.29) is 24.0 Å². The molecule has 0 bridgehead atoms. The highest BCUT2D eigenvalue weighted by Crippen LogP contribution is 2.34. The Morgan fingerprint density at radius 1 is 0.667 bits per heavy atom. The fourth-order valence-corrected chi connectivity index (χ4v) is 5.66. The lowest BCUT2D eigenvalue weighted by molar-refractivity contribution is 0.952. The maximum absolute atomic E-state index is 2.47. The number of hydrogen-bond donors (Lipinski definition) is 0. The molecular formula is C21H21I2P. The van der Waals surface area contributed by atoms with Crippen LogP contribution in [0.2, 0.25) is 0 Å². The van der Waals surface area contributed by atoms with Crippen molar-refractivity contribution in [3.63, 3.8) is 0 Å². The summed E-state index contributed by atoms with van der Waals surface area (Å²) >= 11 is 2.47. The van der Waals surface area contributed by atoms with Crippen LogP contribution in [0.15, 0.2) is 84.9 Å². The summed E-state index contributed by atoms with van der Waals surface area (Å²) in [5.74, 6) is 0. The lowest BCUT2D eigenvalue weighted by atomic mass is 10.1. The second-order valence-corrected chi connectivity index (χ2v) is 8.69.